The molecule has 2 aliphatic rings. The molecule has 0 fully saturated rings. The molecule has 1 aromatic carbocycles. The maximum absolute atomic E-state index is 12.7. The molecule has 2 aliphatic carbocycles. The molecule has 1 heterocycles. The monoisotopic (exact) mass is 373 g/mol. The van der Waals surface area contributed by atoms with E-state index in [2.05, 4.69) is 20.8 Å². The van der Waals surface area contributed by atoms with Crippen LogP contribution < -0.4 is 10.5 Å². The zero-order valence-corrected chi connectivity index (χ0v) is 15.6. The number of nitrogens with one attached hydrogen (secondary N) is 1. The smallest absolute Gasteiger partial charge is 0.305 e. The van der Waals surface area contributed by atoms with Gasteiger partial charge in [-0.3, -0.25) is 4.68 Å². The molecule has 0 radical (unpaired) electrons. The number of anilines is 1. The van der Waals surface area contributed by atoms with Crippen molar-refractivity contribution < 1.29 is 9.00 Å². The fourth-order valence-electron chi connectivity index (χ4n) is 3.94. The number of hydrogen-bond donors (Lipinski definition) is 2. The molecular weight excluding hydrogens is 350 g/mol. The average molecular weight is 373 g/mol. The number of benzene rings is 1. The Bertz CT molecular complexity index is 969. The van der Waals surface area contributed by atoms with E-state index in [9.17, 15) is 9.00 Å². The van der Waals surface area contributed by atoms with Gasteiger partial charge in [0.05, 0.1) is 0 Å². The van der Waals surface area contributed by atoms with Crippen molar-refractivity contribution in [3.8, 4) is 0 Å². The molecule has 0 saturated heterocycles. The summed E-state index contributed by atoms with van der Waals surface area (Å²) in [5, 5.41) is 12.9. The van der Waals surface area contributed by atoms with Gasteiger partial charge in [-0.2, -0.15) is 5.10 Å². The molecule has 7 nitrogen and oxygen atoms in total. The van der Waals surface area contributed by atoms with Crippen molar-refractivity contribution in [2.45, 2.75) is 57.0 Å². The second kappa shape index (κ2) is 6.51. The first-order valence-electron chi connectivity index (χ1n) is 9.04. The molecule has 4 rings (SSSR count). The summed E-state index contributed by atoms with van der Waals surface area (Å²) in [6, 6.07) is 3.17. The second-order valence-electron chi connectivity index (χ2n) is 6.83. The average Bonchev–Trinajstić information content (AvgIpc) is 3.33. The van der Waals surface area contributed by atoms with E-state index in [1.54, 1.807) is 16.9 Å². The summed E-state index contributed by atoms with van der Waals surface area (Å²) in [4.78, 5) is 12.5. The summed E-state index contributed by atoms with van der Waals surface area (Å²) in [7, 11) is -3.37. The maximum Gasteiger partial charge on any atom is 0.354 e. The van der Waals surface area contributed by atoms with Crippen molar-refractivity contribution in [2.75, 3.05) is 5.32 Å². The van der Waals surface area contributed by atoms with E-state index < -0.39 is 15.9 Å². The molecule has 0 aliphatic heterocycles. The van der Waals surface area contributed by atoms with Crippen LogP contribution in [0.2, 0.25) is 0 Å². The number of urea groups is 1. The summed E-state index contributed by atoms with van der Waals surface area (Å²) in [5.41, 5.74) is 5.91. The SMILES string of the molecule is CCn1ccc([S@](N)(=O)=NC(=O)Nc2c3c(cc4c2CCC4)CCC3)n1. The van der Waals surface area contributed by atoms with Gasteiger partial charge in [-0.15, -0.1) is 4.36 Å². The number of amides is 2. The highest BCUT2D eigenvalue weighted by atomic mass is 32.2. The first-order chi connectivity index (χ1) is 12.5. The number of aryl methyl sites for hydroxylation is 3. The fraction of sp³-hybridized carbons (Fsp3) is 0.444. The number of hydrogen-bond acceptors (Lipinski definition) is 3. The summed E-state index contributed by atoms with van der Waals surface area (Å²) in [5.74, 6) is 0. The predicted molar refractivity (Wildman–Crippen MR) is 100 cm³/mol. The molecule has 1 atom stereocenters. The van der Waals surface area contributed by atoms with E-state index >= 15 is 0 Å². The van der Waals surface area contributed by atoms with Crippen LogP contribution in [0.1, 0.15) is 42.0 Å². The van der Waals surface area contributed by atoms with E-state index in [-0.39, 0.29) is 5.03 Å². The lowest BCUT2D eigenvalue weighted by Gasteiger charge is -2.15. The van der Waals surface area contributed by atoms with Crippen LogP contribution in [-0.4, -0.2) is 20.0 Å². The Labute approximate surface area is 153 Å². The molecule has 0 unspecified atom stereocenters. The van der Waals surface area contributed by atoms with Crippen molar-refractivity contribution in [3.05, 3.63) is 40.6 Å². The van der Waals surface area contributed by atoms with Gasteiger partial charge in [0.15, 0.2) is 14.9 Å². The largest absolute Gasteiger partial charge is 0.354 e. The van der Waals surface area contributed by atoms with E-state index in [0.717, 1.165) is 44.2 Å². The molecule has 2 amide bonds. The molecule has 8 heteroatoms. The number of fused-ring (bicyclic) bond motifs is 2. The Balaban J connectivity index is 1.66. The Kier molecular flexibility index (Phi) is 4.32. The van der Waals surface area contributed by atoms with Gasteiger partial charge in [-0.25, -0.2) is 14.1 Å². The Hall–Kier alpha value is -2.19. The summed E-state index contributed by atoms with van der Waals surface area (Å²) in [6.07, 6.45) is 7.87. The fourth-order valence-corrected chi connectivity index (χ4v) is 4.81. The minimum Gasteiger partial charge on any atom is -0.305 e. The highest BCUT2D eigenvalue weighted by Gasteiger charge is 2.25. The lowest BCUT2D eigenvalue weighted by atomic mass is 9.99. The number of carbonyl (C=O) groups excluding carboxylic acids is 1. The van der Waals surface area contributed by atoms with Crippen LogP contribution in [-0.2, 0) is 42.1 Å². The van der Waals surface area contributed by atoms with Crippen LogP contribution in [0, 0.1) is 0 Å². The molecule has 0 spiro atoms. The summed E-state index contributed by atoms with van der Waals surface area (Å²) >= 11 is 0. The second-order valence-corrected chi connectivity index (χ2v) is 8.57. The molecule has 138 valence electrons. The molecule has 0 saturated carbocycles. The quantitative estimate of drug-likeness (QED) is 0.864. The van der Waals surface area contributed by atoms with Gasteiger partial charge in [0.2, 0.25) is 0 Å². The minimum absolute atomic E-state index is 0.123. The molecule has 3 N–H and O–H groups in total. The standard InChI is InChI=1S/C18H23N5O2S/c1-2-23-10-9-16(21-23)26(19,25)22-18(24)20-17-14-7-3-5-12(14)11-13-6-4-8-15(13)17/h9-11H,2-8H2,1H3,(H3,19,20,22,24,25)/t26-/m1/s1. The number of nitrogens with zero attached hydrogens (tertiary/aromatic N) is 3. The number of rotatable bonds is 3. The molecule has 2 aromatic rings. The maximum atomic E-state index is 12.7. The van der Waals surface area contributed by atoms with Gasteiger partial charge in [-0.1, -0.05) is 6.07 Å². The Morgan fingerprint density at radius 1 is 1.27 bits per heavy atom. The van der Waals surface area contributed by atoms with E-state index in [1.165, 1.54) is 22.3 Å². The third-order valence-electron chi connectivity index (χ3n) is 5.16. The van der Waals surface area contributed by atoms with Crippen LogP contribution in [0.3, 0.4) is 0 Å². The van der Waals surface area contributed by atoms with Crippen LogP contribution in [0.15, 0.2) is 27.7 Å². The highest BCUT2D eigenvalue weighted by molar-refractivity contribution is 7.91. The van der Waals surface area contributed by atoms with Gasteiger partial charge in [-0.05, 0) is 73.8 Å². The molecule has 1 aromatic heterocycles. The third-order valence-corrected chi connectivity index (χ3v) is 6.42. The van der Waals surface area contributed by atoms with Crippen LogP contribution >= 0.6 is 0 Å². The van der Waals surface area contributed by atoms with Crippen molar-refractivity contribution in [3.63, 3.8) is 0 Å². The van der Waals surface area contributed by atoms with Crippen LogP contribution in [0.25, 0.3) is 0 Å². The van der Waals surface area contributed by atoms with Gasteiger partial charge in [0, 0.05) is 18.4 Å². The normalized spacial score (nSPS) is 17.5. The lowest BCUT2D eigenvalue weighted by Crippen LogP contribution is -2.19. The Morgan fingerprint density at radius 2 is 1.92 bits per heavy atom. The van der Waals surface area contributed by atoms with Crippen LogP contribution in [0.4, 0.5) is 10.5 Å². The zero-order chi connectivity index (χ0) is 18.3. The van der Waals surface area contributed by atoms with Crippen molar-refractivity contribution >= 4 is 21.6 Å². The number of carbonyl (C=O) groups is 1. The lowest BCUT2D eigenvalue weighted by molar-refractivity contribution is 0.260. The number of aromatic nitrogens is 2. The van der Waals surface area contributed by atoms with Crippen molar-refractivity contribution in [1.82, 2.24) is 9.78 Å². The zero-order valence-electron chi connectivity index (χ0n) is 14.8. The Morgan fingerprint density at radius 3 is 2.50 bits per heavy atom. The van der Waals surface area contributed by atoms with Gasteiger partial charge >= 0.3 is 6.03 Å². The van der Waals surface area contributed by atoms with Crippen molar-refractivity contribution in [1.29, 1.82) is 0 Å². The van der Waals surface area contributed by atoms with Gasteiger partial charge in [0.1, 0.15) is 0 Å². The first-order valence-corrected chi connectivity index (χ1v) is 10.6. The van der Waals surface area contributed by atoms with E-state index in [4.69, 9.17) is 5.14 Å². The topological polar surface area (TPSA) is 102 Å². The molecule has 0 bridgehead atoms. The summed E-state index contributed by atoms with van der Waals surface area (Å²) < 4.78 is 18.0. The van der Waals surface area contributed by atoms with Crippen LogP contribution in [0.5, 0.6) is 0 Å². The minimum atomic E-state index is -3.37. The van der Waals surface area contributed by atoms with Gasteiger partial charge < -0.3 is 5.32 Å². The molecule has 26 heavy (non-hydrogen) atoms. The number of nitrogens with two attached hydrogens (primary N) is 1. The van der Waals surface area contributed by atoms with E-state index in [0.29, 0.717) is 6.54 Å². The first kappa shape index (κ1) is 17.2. The third kappa shape index (κ3) is 3.03. The van der Waals surface area contributed by atoms with E-state index in [1.807, 2.05) is 6.92 Å². The van der Waals surface area contributed by atoms with Gasteiger partial charge in [0.25, 0.3) is 0 Å². The summed E-state index contributed by atoms with van der Waals surface area (Å²) in [6.45, 7) is 2.54. The van der Waals surface area contributed by atoms with Crippen molar-refractivity contribution in [2.24, 2.45) is 9.50 Å². The molecular formula is C18H23N5O2S. The highest BCUT2D eigenvalue weighted by Crippen LogP contribution is 2.38. The predicted octanol–water partition coefficient (Wildman–Crippen LogP) is 2.81.